The number of phenolic OH excluding ortho intramolecular Hbond substituents is 1. The van der Waals surface area contributed by atoms with Crippen LogP contribution in [0.5, 0.6) is 11.5 Å². The molecular formula is C29H26Cl2N4O4. The minimum atomic E-state index is -0.394. The third-order valence-electron chi connectivity index (χ3n) is 6.76. The number of anilines is 1. The van der Waals surface area contributed by atoms with Gasteiger partial charge in [0.15, 0.2) is 0 Å². The van der Waals surface area contributed by atoms with Crippen LogP contribution in [0.3, 0.4) is 0 Å². The summed E-state index contributed by atoms with van der Waals surface area (Å²) in [6, 6.07) is 18.2. The number of carbonyl (C=O) groups is 2. The second-order valence-corrected chi connectivity index (χ2v) is 10.1. The number of carbonyl (C=O) groups excluding carboxylic acids is 2. The molecule has 200 valence electrons. The predicted octanol–water partition coefficient (Wildman–Crippen LogP) is 6.85. The lowest BCUT2D eigenvalue weighted by Gasteiger charge is -2.25. The first-order chi connectivity index (χ1) is 18.8. The third-order valence-corrected chi connectivity index (χ3v) is 7.50. The number of hydrogen-bond donors (Lipinski definition) is 3. The Hall–Kier alpha value is -4.01. The van der Waals surface area contributed by atoms with Gasteiger partial charge < -0.3 is 20.5 Å². The molecule has 5 rings (SSSR count). The molecular weight excluding hydrogens is 539 g/mol. The number of methoxy groups -OCH3 is 1. The highest BCUT2D eigenvalue weighted by Crippen LogP contribution is 2.39. The maximum Gasteiger partial charge on any atom is 0.342 e. The fourth-order valence-electron chi connectivity index (χ4n) is 4.44. The molecule has 1 heterocycles. The molecule has 1 aromatic heterocycles. The Labute approximate surface area is 235 Å². The first-order valence-corrected chi connectivity index (χ1v) is 13.2. The summed E-state index contributed by atoms with van der Waals surface area (Å²) < 4.78 is 6.65. The number of rotatable bonds is 7. The zero-order valence-electron chi connectivity index (χ0n) is 21.1. The summed E-state index contributed by atoms with van der Waals surface area (Å²) in [6.07, 6.45) is 2.98. The Bertz CT molecular complexity index is 1550. The standard InChI is InChI=1S/C29H26Cl2N4O4/c1-39-27-8-3-2-7-20(27)28(37)33-19-10-12-26(36)21(14-19)24-15-25(18-5-4-6-18)35(34-24)29(38)32-16-17-9-11-22(30)23(31)13-17/h2-3,7-15,18,36H,4-6,16H2,1H3,(H,32,38)(H,33,37). The summed E-state index contributed by atoms with van der Waals surface area (Å²) in [7, 11) is 1.50. The van der Waals surface area contributed by atoms with Crippen LogP contribution in [-0.4, -0.2) is 33.9 Å². The van der Waals surface area contributed by atoms with Crippen molar-refractivity contribution in [2.24, 2.45) is 0 Å². The van der Waals surface area contributed by atoms with Crippen LogP contribution in [0.15, 0.2) is 66.7 Å². The highest BCUT2D eigenvalue weighted by Gasteiger charge is 2.28. The summed E-state index contributed by atoms with van der Waals surface area (Å²) in [5.74, 6) is 0.264. The average Bonchev–Trinajstić information content (AvgIpc) is 3.33. The van der Waals surface area contributed by atoms with E-state index in [0.29, 0.717) is 38.3 Å². The van der Waals surface area contributed by atoms with E-state index in [-0.39, 0.29) is 24.1 Å². The van der Waals surface area contributed by atoms with Crippen molar-refractivity contribution in [3.05, 3.63) is 93.6 Å². The van der Waals surface area contributed by atoms with E-state index in [1.54, 1.807) is 54.6 Å². The molecule has 0 saturated heterocycles. The lowest BCUT2D eigenvalue weighted by atomic mass is 9.82. The summed E-state index contributed by atoms with van der Waals surface area (Å²) >= 11 is 12.1. The number of aromatic nitrogens is 2. The van der Waals surface area contributed by atoms with Crippen LogP contribution < -0.4 is 15.4 Å². The molecule has 8 nitrogen and oxygen atoms in total. The number of para-hydroxylation sites is 1. The monoisotopic (exact) mass is 564 g/mol. The van der Waals surface area contributed by atoms with Gasteiger partial charge in [0.05, 0.1) is 34.1 Å². The van der Waals surface area contributed by atoms with E-state index in [9.17, 15) is 14.7 Å². The highest BCUT2D eigenvalue weighted by molar-refractivity contribution is 6.42. The van der Waals surface area contributed by atoms with Gasteiger partial charge in [0.1, 0.15) is 11.5 Å². The second-order valence-electron chi connectivity index (χ2n) is 9.29. The molecule has 1 saturated carbocycles. The topological polar surface area (TPSA) is 105 Å². The SMILES string of the molecule is COc1ccccc1C(=O)Nc1ccc(O)c(-c2cc(C3CCC3)n(C(=O)NCc3ccc(Cl)c(Cl)c3)n2)c1. The largest absolute Gasteiger partial charge is 0.507 e. The molecule has 1 fully saturated rings. The van der Waals surface area contributed by atoms with Crippen molar-refractivity contribution >= 4 is 40.8 Å². The molecule has 3 N–H and O–H groups in total. The van der Waals surface area contributed by atoms with E-state index >= 15 is 0 Å². The van der Waals surface area contributed by atoms with Crippen molar-refractivity contribution in [2.45, 2.75) is 31.7 Å². The molecule has 0 bridgehead atoms. The number of nitrogens with one attached hydrogen (secondary N) is 2. The van der Waals surface area contributed by atoms with E-state index in [4.69, 9.17) is 27.9 Å². The Morgan fingerprint density at radius 1 is 1.05 bits per heavy atom. The number of ether oxygens (including phenoxy) is 1. The van der Waals surface area contributed by atoms with Gasteiger partial charge in [0.2, 0.25) is 0 Å². The molecule has 4 aromatic rings. The van der Waals surface area contributed by atoms with Gasteiger partial charge in [-0.3, -0.25) is 4.79 Å². The van der Waals surface area contributed by atoms with Crippen molar-refractivity contribution in [3.8, 4) is 22.8 Å². The van der Waals surface area contributed by atoms with Crippen molar-refractivity contribution < 1.29 is 19.4 Å². The molecule has 0 aliphatic heterocycles. The zero-order chi connectivity index (χ0) is 27.5. The van der Waals surface area contributed by atoms with Gasteiger partial charge in [-0.2, -0.15) is 9.78 Å². The van der Waals surface area contributed by atoms with E-state index in [0.717, 1.165) is 30.5 Å². The van der Waals surface area contributed by atoms with E-state index in [2.05, 4.69) is 15.7 Å². The molecule has 0 radical (unpaired) electrons. The van der Waals surface area contributed by atoms with Gasteiger partial charge in [0, 0.05) is 23.7 Å². The lowest BCUT2D eigenvalue weighted by Crippen LogP contribution is -2.31. The lowest BCUT2D eigenvalue weighted by molar-refractivity contribution is 0.102. The van der Waals surface area contributed by atoms with E-state index in [1.807, 2.05) is 6.07 Å². The maximum absolute atomic E-state index is 13.2. The second kappa shape index (κ2) is 11.4. The molecule has 0 spiro atoms. The van der Waals surface area contributed by atoms with Gasteiger partial charge in [-0.15, -0.1) is 0 Å². The van der Waals surface area contributed by atoms with Crippen molar-refractivity contribution in [3.63, 3.8) is 0 Å². The Kier molecular flexibility index (Phi) is 7.77. The van der Waals surface area contributed by atoms with Crippen LogP contribution in [0.2, 0.25) is 10.0 Å². The van der Waals surface area contributed by atoms with Crippen LogP contribution in [0.1, 0.15) is 46.8 Å². The molecule has 0 unspecified atom stereocenters. The van der Waals surface area contributed by atoms with Gasteiger partial charge in [-0.25, -0.2) is 4.79 Å². The van der Waals surface area contributed by atoms with Crippen LogP contribution in [-0.2, 0) is 6.54 Å². The quantitative estimate of drug-likeness (QED) is 0.213. The van der Waals surface area contributed by atoms with Crippen LogP contribution >= 0.6 is 23.2 Å². The summed E-state index contributed by atoms with van der Waals surface area (Å²) in [4.78, 5) is 26.1. The smallest absolute Gasteiger partial charge is 0.342 e. The van der Waals surface area contributed by atoms with Gasteiger partial charge in [-0.1, -0.05) is 47.8 Å². The fraction of sp³-hybridized carbons (Fsp3) is 0.207. The van der Waals surface area contributed by atoms with Crippen molar-refractivity contribution in [2.75, 3.05) is 12.4 Å². The number of halogens is 2. The number of phenols is 1. The van der Waals surface area contributed by atoms with E-state index in [1.165, 1.54) is 17.9 Å². The van der Waals surface area contributed by atoms with Crippen LogP contribution in [0.4, 0.5) is 10.5 Å². The number of nitrogens with zero attached hydrogens (tertiary/aromatic N) is 2. The van der Waals surface area contributed by atoms with Gasteiger partial charge in [0.25, 0.3) is 5.91 Å². The molecule has 1 aliphatic rings. The van der Waals surface area contributed by atoms with Crippen molar-refractivity contribution in [1.29, 1.82) is 0 Å². The molecule has 0 atom stereocenters. The number of hydrogen-bond acceptors (Lipinski definition) is 5. The number of benzene rings is 3. The Balaban J connectivity index is 1.40. The molecule has 3 aromatic carbocycles. The summed E-state index contributed by atoms with van der Waals surface area (Å²) in [5, 5.41) is 21.8. The zero-order valence-corrected chi connectivity index (χ0v) is 22.6. The van der Waals surface area contributed by atoms with Crippen LogP contribution in [0.25, 0.3) is 11.3 Å². The third kappa shape index (κ3) is 5.72. The molecule has 10 heteroatoms. The number of amides is 2. The minimum absolute atomic E-state index is 0.0219. The van der Waals surface area contributed by atoms with Gasteiger partial charge in [-0.05, 0) is 66.9 Å². The normalized spacial score (nSPS) is 13.0. The van der Waals surface area contributed by atoms with Crippen LogP contribution in [0, 0.1) is 0 Å². The summed E-state index contributed by atoms with van der Waals surface area (Å²) in [5.41, 5.74) is 3.22. The molecule has 1 aliphatic carbocycles. The first kappa shape index (κ1) is 26.6. The fourth-order valence-corrected chi connectivity index (χ4v) is 4.76. The van der Waals surface area contributed by atoms with Crippen molar-refractivity contribution in [1.82, 2.24) is 15.1 Å². The predicted molar refractivity (Wildman–Crippen MR) is 151 cm³/mol. The molecule has 2 amide bonds. The summed E-state index contributed by atoms with van der Waals surface area (Å²) in [6.45, 7) is 0.241. The average molecular weight is 565 g/mol. The van der Waals surface area contributed by atoms with Gasteiger partial charge >= 0.3 is 6.03 Å². The highest BCUT2D eigenvalue weighted by atomic mass is 35.5. The maximum atomic E-state index is 13.2. The Morgan fingerprint density at radius 3 is 2.56 bits per heavy atom. The Morgan fingerprint density at radius 2 is 1.85 bits per heavy atom. The number of aromatic hydroxyl groups is 1. The van der Waals surface area contributed by atoms with E-state index < -0.39 is 6.03 Å². The first-order valence-electron chi connectivity index (χ1n) is 12.4. The molecule has 39 heavy (non-hydrogen) atoms. The minimum Gasteiger partial charge on any atom is -0.507 e.